The van der Waals surface area contributed by atoms with Gasteiger partial charge in [0.2, 0.25) is 5.69 Å². The predicted molar refractivity (Wildman–Crippen MR) is 98.8 cm³/mol. The second-order valence-electron chi connectivity index (χ2n) is 5.62. The lowest BCUT2D eigenvalue weighted by Crippen LogP contribution is -2.37. The summed E-state index contributed by atoms with van der Waals surface area (Å²) in [6.45, 7) is 1.95. The van der Waals surface area contributed by atoms with Gasteiger partial charge in [-0.1, -0.05) is 5.92 Å². The molecule has 10 heteroatoms. The SMILES string of the molecule is COc1cc(F)ccc1-c1ccc(C#Cc2csc(C)n2)c[nH+]1.O=C([O-])C(F)(F)F. The van der Waals surface area contributed by atoms with Gasteiger partial charge in [0, 0.05) is 17.5 Å². The maximum absolute atomic E-state index is 13.3. The summed E-state index contributed by atoms with van der Waals surface area (Å²) in [5.74, 6) is 3.24. The molecular formula is C20H14F4N2O3S. The topological polar surface area (TPSA) is 76.4 Å². The Morgan fingerprint density at radius 1 is 1.23 bits per heavy atom. The van der Waals surface area contributed by atoms with E-state index in [1.54, 1.807) is 17.4 Å². The summed E-state index contributed by atoms with van der Waals surface area (Å²) in [6.07, 6.45) is -3.38. The molecule has 0 radical (unpaired) electrons. The van der Waals surface area contributed by atoms with E-state index in [9.17, 15) is 17.6 Å². The van der Waals surface area contributed by atoms with Gasteiger partial charge in [-0.2, -0.15) is 13.2 Å². The van der Waals surface area contributed by atoms with E-state index in [2.05, 4.69) is 21.8 Å². The summed E-state index contributed by atoms with van der Waals surface area (Å²) in [5, 5.41) is 11.7. The molecule has 0 saturated carbocycles. The molecule has 2 aromatic heterocycles. The summed E-state index contributed by atoms with van der Waals surface area (Å²) >= 11 is 1.58. The van der Waals surface area contributed by atoms with Crippen molar-refractivity contribution in [2.45, 2.75) is 13.1 Å². The summed E-state index contributed by atoms with van der Waals surface area (Å²) in [4.78, 5) is 16.3. The second-order valence-corrected chi connectivity index (χ2v) is 6.68. The molecule has 1 N–H and O–H groups in total. The highest BCUT2D eigenvalue weighted by Crippen LogP contribution is 2.27. The number of H-pyrrole nitrogens is 1. The predicted octanol–water partition coefficient (Wildman–Crippen LogP) is 2.78. The number of ether oxygens (including phenoxy) is 1. The van der Waals surface area contributed by atoms with Gasteiger partial charge in [-0.3, -0.25) is 0 Å². The molecule has 156 valence electrons. The van der Waals surface area contributed by atoms with Crippen molar-refractivity contribution >= 4 is 17.3 Å². The zero-order chi connectivity index (χ0) is 22.3. The number of alkyl halides is 3. The Balaban J connectivity index is 0.000000396. The average Bonchev–Trinajstić information content (AvgIpc) is 3.12. The number of carboxylic acids is 1. The lowest BCUT2D eigenvalue weighted by molar-refractivity contribution is -0.364. The lowest BCUT2D eigenvalue weighted by atomic mass is 10.1. The first kappa shape index (κ1) is 22.8. The van der Waals surface area contributed by atoms with Gasteiger partial charge in [-0.05, 0) is 31.0 Å². The number of aromatic amines is 1. The zero-order valence-electron chi connectivity index (χ0n) is 15.6. The highest BCUT2D eigenvalue weighted by molar-refractivity contribution is 7.09. The fraction of sp³-hybridized carbons (Fsp3) is 0.150. The van der Waals surface area contributed by atoms with Crippen LogP contribution in [0.4, 0.5) is 17.6 Å². The maximum atomic E-state index is 13.3. The molecule has 30 heavy (non-hydrogen) atoms. The quantitative estimate of drug-likeness (QED) is 0.456. The van der Waals surface area contributed by atoms with Crippen molar-refractivity contribution in [2.75, 3.05) is 7.11 Å². The van der Waals surface area contributed by atoms with Crippen molar-refractivity contribution in [3.63, 3.8) is 0 Å². The first-order chi connectivity index (χ1) is 14.1. The molecule has 2 heterocycles. The van der Waals surface area contributed by atoms with Crippen molar-refractivity contribution in [2.24, 2.45) is 0 Å². The Bertz CT molecular complexity index is 1080. The van der Waals surface area contributed by atoms with Gasteiger partial charge in [0.05, 0.1) is 23.2 Å². The van der Waals surface area contributed by atoms with Crippen molar-refractivity contribution in [3.05, 3.63) is 64.0 Å². The number of methoxy groups -OCH3 is 1. The molecule has 3 rings (SSSR count). The third kappa shape index (κ3) is 6.56. The first-order valence-electron chi connectivity index (χ1n) is 8.18. The number of thiazole rings is 1. The van der Waals surface area contributed by atoms with Crippen LogP contribution in [0.15, 0.2) is 41.9 Å². The molecule has 0 saturated heterocycles. The van der Waals surface area contributed by atoms with Crippen LogP contribution < -0.4 is 14.8 Å². The van der Waals surface area contributed by atoms with E-state index >= 15 is 0 Å². The number of carbonyl (C=O) groups excluding carboxylic acids is 1. The molecule has 0 bridgehead atoms. The van der Waals surface area contributed by atoms with E-state index in [1.807, 2.05) is 30.6 Å². The summed E-state index contributed by atoms with van der Waals surface area (Å²) < 4.78 is 50.0. The van der Waals surface area contributed by atoms with Crippen LogP contribution in [0.5, 0.6) is 5.75 Å². The van der Waals surface area contributed by atoms with E-state index in [-0.39, 0.29) is 5.82 Å². The Labute approximate surface area is 173 Å². The molecule has 5 nitrogen and oxygen atoms in total. The molecule has 0 fully saturated rings. The fourth-order valence-corrected chi connectivity index (χ4v) is 2.66. The van der Waals surface area contributed by atoms with Gasteiger partial charge in [-0.25, -0.2) is 14.4 Å². The largest absolute Gasteiger partial charge is 0.542 e. The zero-order valence-corrected chi connectivity index (χ0v) is 16.5. The third-order valence-corrected chi connectivity index (χ3v) is 4.23. The van der Waals surface area contributed by atoms with Gasteiger partial charge in [0.25, 0.3) is 0 Å². The molecule has 0 aliphatic carbocycles. The maximum Gasteiger partial charge on any atom is 0.430 e. The molecule has 3 aromatic rings. The number of hydrogen-bond acceptors (Lipinski definition) is 5. The lowest BCUT2D eigenvalue weighted by Gasteiger charge is -2.04. The second kappa shape index (κ2) is 9.84. The number of nitrogens with zero attached hydrogens (tertiary/aromatic N) is 1. The number of carboxylic acid groups (broad SMARTS) is 1. The highest BCUT2D eigenvalue weighted by Gasteiger charge is 2.28. The van der Waals surface area contributed by atoms with Crippen LogP contribution in [0, 0.1) is 24.6 Å². The van der Waals surface area contributed by atoms with Gasteiger partial charge >= 0.3 is 6.18 Å². The molecular weight excluding hydrogens is 424 g/mol. The normalized spacial score (nSPS) is 10.3. The van der Waals surface area contributed by atoms with Crippen molar-refractivity contribution in [1.82, 2.24) is 4.98 Å². The number of nitrogens with one attached hydrogen (secondary N) is 1. The molecule has 0 amide bonds. The molecule has 0 aliphatic rings. The smallest absolute Gasteiger partial charge is 0.430 e. The minimum Gasteiger partial charge on any atom is -0.542 e. The van der Waals surface area contributed by atoms with Gasteiger partial charge in [0.1, 0.15) is 23.2 Å². The number of carbonyl (C=O) groups is 1. The minimum absolute atomic E-state index is 0.327. The van der Waals surface area contributed by atoms with Crippen LogP contribution in [0.1, 0.15) is 16.3 Å². The Morgan fingerprint density at radius 2 is 1.93 bits per heavy atom. The average molecular weight is 438 g/mol. The molecule has 0 unspecified atom stereocenters. The van der Waals surface area contributed by atoms with E-state index in [1.165, 1.54) is 19.2 Å². The number of aliphatic carboxylic acids is 1. The summed E-state index contributed by atoms with van der Waals surface area (Å²) in [6, 6.07) is 8.25. The van der Waals surface area contributed by atoms with Gasteiger partial charge < -0.3 is 14.6 Å². The third-order valence-electron chi connectivity index (χ3n) is 3.45. The van der Waals surface area contributed by atoms with Crippen LogP contribution >= 0.6 is 11.3 Å². The summed E-state index contributed by atoms with van der Waals surface area (Å²) in [5.41, 5.74) is 3.25. The van der Waals surface area contributed by atoms with Crippen molar-refractivity contribution < 1.29 is 37.2 Å². The Hall–Kier alpha value is -3.45. The van der Waals surface area contributed by atoms with Crippen LogP contribution in [0.25, 0.3) is 11.3 Å². The van der Waals surface area contributed by atoms with Crippen molar-refractivity contribution in [3.8, 4) is 28.8 Å². The van der Waals surface area contributed by atoms with E-state index in [0.717, 1.165) is 27.5 Å². The van der Waals surface area contributed by atoms with Crippen molar-refractivity contribution in [1.29, 1.82) is 0 Å². The van der Waals surface area contributed by atoms with Crippen LogP contribution in [0.2, 0.25) is 0 Å². The van der Waals surface area contributed by atoms with Crippen LogP contribution in [-0.4, -0.2) is 24.2 Å². The number of benzene rings is 1. The molecule has 0 aliphatic heterocycles. The number of aryl methyl sites for hydroxylation is 1. The highest BCUT2D eigenvalue weighted by atomic mass is 32.1. The van der Waals surface area contributed by atoms with E-state index in [4.69, 9.17) is 14.6 Å². The number of pyridine rings is 1. The summed E-state index contributed by atoms with van der Waals surface area (Å²) in [7, 11) is 1.52. The van der Waals surface area contributed by atoms with Crippen LogP contribution in [-0.2, 0) is 4.79 Å². The molecule has 1 aromatic carbocycles. The Morgan fingerprint density at radius 3 is 2.43 bits per heavy atom. The standard InChI is InChI=1S/C18H13FN2OS.C2HF3O2/c1-12-21-15(11-23-12)6-3-13-4-8-17(20-10-13)16-7-5-14(19)9-18(16)22-2;3-2(4,5)1(6)7/h4-5,7-11H,1-2H3;(H,6,7). The monoisotopic (exact) mass is 438 g/mol. The van der Waals surface area contributed by atoms with Gasteiger partial charge in [0.15, 0.2) is 6.20 Å². The number of halogens is 4. The molecule has 0 spiro atoms. The number of hydrogen-bond donors (Lipinski definition) is 0. The van der Waals surface area contributed by atoms with E-state index in [0.29, 0.717) is 5.75 Å². The van der Waals surface area contributed by atoms with E-state index < -0.39 is 12.1 Å². The Kier molecular flexibility index (Phi) is 7.49. The number of aromatic nitrogens is 2. The van der Waals surface area contributed by atoms with Gasteiger partial charge in [-0.15, -0.1) is 11.3 Å². The number of rotatable bonds is 2. The first-order valence-corrected chi connectivity index (χ1v) is 9.06. The fourth-order valence-electron chi connectivity index (χ4n) is 2.11. The van der Waals surface area contributed by atoms with Crippen LogP contribution in [0.3, 0.4) is 0 Å². The minimum atomic E-state index is -5.19. The molecule has 0 atom stereocenters.